The van der Waals surface area contributed by atoms with Crippen molar-refractivity contribution in [1.82, 2.24) is 4.72 Å². The average molecular weight is 366 g/mol. The molecule has 0 unspecified atom stereocenters. The largest absolute Gasteiger partial charge is 0.329 e. The van der Waals surface area contributed by atoms with Gasteiger partial charge in [-0.25, -0.2) is 21.9 Å². The Kier molecular flexibility index (Phi) is 6.66. The number of nitrogens with two attached hydrogens (primary N) is 1. The molecule has 1 atom stereocenters. The van der Waals surface area contributed by atoms with Gasteiger partial charge < -0.3 is 5.73 Å². The van der Waals surface area contributed by atoms with E-state index in [4.69, 9.17) is 5.73 Å². The van der Waals surface area contributed by atoms with Gasteiger partial charge in [0.05, 0.1) is 4.47 Å². The minimum absolute atomic E-state index is 0. The van der Waals surface area contributed by atoms with Crippen LogP contribution < -0.4 is 10.5 Å². The summed E-state index contributed by atoms with van der Waals surface area (Å²) in [7, 11) is -4.11. The molecule has 0 heterocycles. The second-order valence-corrected chi connectivity index (χ2v) is 5.99. The van der Waals surface area contributed by atoms with Crippen molar-refractivity contribution in [2.24, 2.45) is 5.73 Å². The minimum Gasteiger partial charge on any atom is -0.329 e. The highest BCUT2D eigenvalue weighted by molar-refractivity contribution is 9.10. The number of sulfonamides is 1. The van der Waals surface area contributed by atoms with Crippen molar-refractivity contribution in [3.8, 4) is 0 Å². The van der Waals surface area contributed by atoms with Crippen molar-refractivity contribution < 1.29 is 17.2 Å². The molecule has 0 saturated heterocycles. The van der Waals surface area contributed by atoms with Crippen LogP contribution in [0.2, 0.25) is 0 Å². The van der Waals surface area contributed by atoms with Crippen LogP contribution in [-0.2, 0) is 10.0 Å². The van der Waals surface area contributed by atoms with Crippen LogP contribution in [0.3, 0.4) is 0 Å². The van der Waals surface area contributed by atoms with Crippen molar-refractivity contribution in [2.75, 3.05) is 6.54 Å². The van der Waals surface area contributed by atoms with Crippen LogP contribution in [0.4, 0.5) is 8.78 Å². The standard InChI is InChI=1S/C9H11BrF2N2O2S.ClH/c1-5(4-13)14-17(15,16)9-3-7(11)6(10)2-8(9)12;/h2-3,5,14H,4,13H2,1H3;1H/t5-;/m0./s1. The van der Waals surface area contributed by atoms with Gasteiger partial charge in [-0.3, -0.25) is 0 Å². The molecule has 1 aromatic rings. The maximum Gasteiger partial charge on any atom is 0.243 e. The number of halogens is 4. The van der Waals surface area contributed by atoms with Gasteiger partial charge in [0.2, 0.25) is 10.0 Å². The fraction of sp³-hybridized carbons (Fsp3) is 0.333. The summed E-state index contributed by atoms with van der Waals surface area (Å²) in [6.07, 6.45) is 0. The highest BCUT2D eigenvalue weighted by atomic mass is 79.9. The molecule has 9 heteroatoms. The van der Waals surface area contributed by atoms with E-state index < -0.39 is 32.6 Å². The molecule has 18 heavy (non-hydrogen) atoms. The summed E-state index contributed by atoms with van der Waals surface area (Å²) in [6.45, 7) is 1.57. The maximum absolute atomic E-state index is 13.4. The number of nitrogens with one attached hydrogen (secondary N) is 1. The Hall–Kier alpha value is -0.280. The SMILES string of the molecule is C[C@@H](CN)NS(=O)(=O)c1cc(F)c(Br)cc1F.Cl. The number of hydrogen-bond donors (Lipinski definition) is 2. The van der Waals surface area contributed by atoms with Crippen molar-refractivity contribution in [3.63, 3.8) is 0 Å². The summed E-state index contributed by atoms with van der Waals surface area (Å²) in [5, 5.41) is 0. The van der Waals surface area contributed by atoms with Crippen molar-refractivity contribution >= 4 is 38.4 Å². The maximum atomic E-state index is 13.4. The van der Waals surface area contributed by atoms with Gasteiger partial charge >= 0.3 is 0 Å². The molecule has 0 bridgehead atoms. The molecular weight excluding hydrogens is 354 g/mol. The third-order valence-electron chi connectivity index (χ3n) is 1.97. The predicted octanol–water partition coefficient (Wildman–Crippen LogP) is 1.77. The summed E-state index contributed by atoms with van der Waals surface area (Å²) >= 11 is 2.76. The molecule has 0 radical (unpaired) electrons. The van der Waals surface area contributed by atoms with E-state index in [1.807, 2.05) is 0 Å². The topological polar surface area (TPSA) is 72.2 Å². The third-order valence-corrected chi connectivity index (χ3v) is 4.19. The van der Waals surface area contributed by atoms with E-state index in [0.29, 0.717) is 6.07 Å². The van der Waals surface area contributed by atoms with Gasteiger partial charge in [-0.2, -0.15) is 0 Å². The lowest BCUT2D eigenvalue weighted by molar-refractivity contribution is 0.534. The van der Waals surface area contributed by atoms with E-state index in [-0.39, 0.29) is 23.4 Å². The molecule has 4 nitrogen and oxygen atoms in total. The zero-order chi connectivity index (χ0) is 13.2. The molecular formula is C9H12BrClF2N2O2S. The highest BCUT2D eigenvalue weighted by Crippen LogP contribution is 2.23. The first-order valence-electron chi connectivity index (χ1n) is 4.65. The van der Waals surface area contributed by atoms with Crippen molar-refractivity contribution in [1.29, 1.82) is 0 Å². The number of hydrogen-bond acceptors (Lipinski definition) is 3. The quantitative estimate of drug-likeness (QED) is 0.799. The Morgan fingerprint density at radius 2 is 1.94 bits per heavy atom. The lowest BCUT2D eigenvalue weighted by atomic mass is 10.3. The molecule has 3 N–H and O–H groups in total. The Morgan fingerprint density at radius 1 is 1.39 bits per heavy atom. The van der Waals surface area contributed by atoms with E-state index in [9.17, 15) is 17.2 Å². The highest BCUT2D eigenvalue weighted by Gasteiger charge is 2.22. The molecule has 0 aliphatic heterocycles. The molecule has 0 aliphatic carbocycles. The summed E-state index contributed by atoms with van der Waals surface area (Å²) in [4.78, 5) is -0.737. The van der Waals surface area contributed by atoms with Gasteiger partial charge in [-0.1, -0.05) is 0 Å². The lowest BCUT2D eigenvalue weighted by Crippen LogP contribution is -2.38. The number of rotatable bonds is 4. The first-order chi connectivity index (χ1) is 7.77. The lowest BCUT2D eigenvalue weighted by Gasteiger charge is -2.12. The third kappa shape index (κ3) is 4.13. The molecule has 0 aromatic heterocycles. The minimum atomic E-state index is -4.11. The van der Waals surface area contributed by atoms with E-state index in [2.05, 4.69) is 20.7 Å². The summed E-state index contributed by atoms with van der Waals surface area (Å²) in [6, 6.07) is 0.813. The van der Waals surface area contributed by atoms with Crippen LogP contribution >= 0.6 is 28.3 Å². The average Bonchev–Trinajstić information content (AvgIpc) is 2.22. The van der Waals surface area contributed by atoms with E-state index in [0.717, 1.165) is 6.07 Å². The van der Waals surface area contributed by atoms with Crippen LogP contribution in [0.5, 0.6) is 0 Å². The molecule has 0 saturated carbocycles. The number of benzene rings is 1. The molecule has 0 fully saturated rings. The van der Waals surface area contributed by atoms with E-state index in [1.54, 1.807) is 0 Å². The zero-order valence-corrected chi connectivity index (χ0v) is 12.5. The zero-order valence-electron chi connectivity index (χ0n) is 9.28. The molecule has 0 aliphatic rings. The van der Waals surface area contributed by atoms with Crippen LogP contribution in [0.15, 0.2) is 21.5 Å². The predicted molar refractivity (Wildman–Crippen MR) is 70.1 cm³/mol. The summed E-state index contributed by atoms with van der Waals surface area (Å²) in [5.41, 5.74) is 5.25. The van der Waals surface area contributed by atoms with Gasteiger partial charge in [-0.05, 0) is 35.0 Å². The Morgan fingerprint density at radius 3 is 2.44 bits per heavy atom. The van der Waals surface area contributed by atoms with Crippen LogP contribution in [0.1, 0.15) is 6.92 Å². The molecule has 104 valence electrons. The van der Waals surface area contributed by atoms with E-state index >= 15 is 0 Å². The van der Waals surface area contributed by atoms with Crippen molar-refractivity contribution in [3.05, 3.63) is 28.2 Å². The van der Waals surface area contributed by atoms with Crippen LogP contribution in [-0.4, -0.2) is 21.0 Å². The van der Waals surface area contributed by atoms with Gasteiger partial charge in [0, 0.05) is 12.6 Å². The smallest absolute Gasteiger partial charge is 0.243 e. The second-order valence-electron chi connectivity index (χ2n) is 3.45. The Balaban J connectivity index is 0.00000289. The van der Waals surface area contributed by atoms with Crippen molar-refractivity contribution in [2.45, 2.75) is 17.9 Å². The van der Waals surface area contributed by atoms with Gasteiger partial charge in [0.1, 0.15) is 16.5 Å². The first kappa shape index (κ1) is 17.7. The Bertz CT molecular complexity index is 528. The van der Waals surface area contributed by atoms with Gasteiger partial charge in [-0.15, -0.1) is 12.4 Å². The van der Waals surface area contributed by atoms with Crippen LogP contribution in [0.25, 0.3) is 0 Å². The second kappa shape index (κ2) is 6.76. The molecule has 0 amide bonds. The first-order valence-corrected chi connectivity index (χ1v) is 6.92. The summed E-state index contributed by atoms with van der Waals surface area (Å²) in [5.74, 6) is -1.89. The van der Waals surface area contributed by atoms with Gasteiger partial charge in [0.25, 0.3) is 0 Å². The van der Waals surface area contributed by atoms with E-state index in [1.165, 1.54) is 6.92 Å². The monoisotopic (exact) mass is 364 g/mol. The normalized spacial score (nSPS) is 12.9. The molecule has 1 rings (SSSR count). The van der Waals surface area contributed by atoms with Gasteiger partial charge in [0.15, 0.2) is 0 Å². The summed E-state index contributed by atoms with van der Waals surface area (Å²) < 4.78 is 52.0. The Labute approximate surface area is 119 Å². The molecule has 0 spiro atoms. The fourth-order valence-electron chi connectivity index (χ4n) is 1.09. The fourth-order valence-corrected chi connectivity index (χ4v) is 2.73. The molecule has 1 aromatic carbocycles. The van der Waals surface area contributed by atoms with Crippen LogP contribution in [0, 0.1) is 11.6 Å².